The lowest BCUT2D eigenvalue weighted by atomic mass is 9.96. The van der Waals surface area contributed by atoms with E-state index in [4.69, 9.17) is 5.11 Å². The van der Waals surface area contributed by atoms with Gasteiger partial charge in [0, 0.05) is 58.3 Å². The summed E-state index contributed by atoms with van der Waals surface area (Å²) in [6.07, 6.45) is 2.16. The van der Waals surface area contributed by atoms with Crippen molar-refractivity contribution >= 4 is 11.8 Å². The zero-order valence-electron chi connectivity index (χ0n) is 15.6. The summed E-state index contributed by atoms with van der Waals surface area (Å²) in [6.45, 7) is 7.80. The number of carbonyl (C=O) groups is 2. The highest BCUT2D eigenvalue weighted by Gasteiger charge is 2.26. The monoisotopic (exact) mass is 359 g/mol. The maximum atomic E-state index is 12.6. The van der Waals surface area contributed by atoms with Gasteiger partial charge in [-0.3, -0.25) is 14.5 Å². The minimum Gasteiger partial charge on any atom is -0.392 e. The van der Waals surface area contributed by atoms with Gasteiger partial charge in [-0.1, -0.05) is 12.1 Å². The van der Waals surface area contributed by atoms with E-state index in [1.165, 1.54) is 0 Å². The molecule has 2 aliphatic heterocycles. The van der Waals surface area contributed by atoms with Gasteiger partial charge in [0.15, 0.2) is 0 Å². The summed E-state index contributed by atoms with van der Waals surface area (Å²) in [5, 5.41) is 9.10. The first kappa shape index (κ1) is 18.9. The molecule has 0 aromatic heterocycles. The van der Waals surface area contributed by atoms with Crippen molar-refractivity contribution in [1.82, 2.24) is 14.7 Å². The molecule has 0 bridgehead atoms. The van der Waals surface area contributed by atoms with Crippen molar-refractivity contribution in [2.75, 3.05) is 45.8 Å². The number of hydrogen-bond acceptors (Lipinski definition) is 4. The summed E-state index contributed by atoms with van der Waals surface area (Å²) in [7, 11) is 0. The molecule has 2 saturated heterocycles. The van der Waals surface area contributed by atoms with Crippen molar-refractivity contribution in [1.29, 1.82) is 0 Å². The third kappa shape index (κ3) is 4.62. The highest BCUT2D eigenvalue weighted by molar-refractivity contribution is 5.94. The molecule has 6 heteroatoms. The van der Waals surface area contributed by atoms with Crippen LogP contribution >= 0.6 is 0 Å². The number of likely N-dealkylation sites (tertiary alicyclic amines) is 1. The van der Waals surface area contributed by atoms with Gasteiger partial charge in [0.2, 0.25) is 5.91 Å². The highest BCUT2D eigenvalue weighted by Crippen LogP contribution is 2.19. The molecular weight excluding hydrogens is 330 g/mol. The van der Waals surface area contributed by atoms with Gasteiger partial charge >= 0.3 is 0 Å². The van der Waals surface area contributed by atoms with Gasteiger partial charge in [-0.15, -0.1) is 0 Å². The molecule has 2 heterocycles. The van der Waals surface area contributed by atoms with Gasteiger partial charge in [-0.2, -0.15) is 0 Å². The van der Waals surface area contributed by atoms with Crippen LogP contribution in [0.25, 0.3) is 0 Å². The minimum absolute atomic E-state index is 0.00150. The van der Waals surface area contributed by atoms with E-state index in [0.717, 1.165) is 64.2 Å². The minimum atomic E-state index is -0.00150. The van der Waals surface area contributed by atoms with Crippen LogP contribution < -0.4 is 0 Å². The third-order valence-electron chi connectivity index (χ3n) is 5.62. The summed E-state index contributed by atoms with van der Waals surface area (Å²) in [6, 6.07) is 7.19. The molecule has 1 N–H and O–H groups in total. The molecule has 142 valence electrons. The second-order valence-electron chi connectivity index (χ2n) is 7.40. The summed E-state index contributed by atoms with van der Waals surface area (Å²) in [5.41, 5.74) is 1.51. The molecular formula is C20H29N3O3. The third-order valence-corrected chi connectivity index (χ3v) is 5.62. The van der Waals surface area contributed by atoms with E-state index in [1.54, 1.807) is 31.2 Å². The molecule has 2 amide bonds. The second kappa shape index (κ2) is 8.64. The maximum absolute atomic E-state index is 12.6. The quantitative estimate of drug-likeness (QED) is 0.877. The lowest BCUT2D eigenvalue weighted by Crippen LogP contribution is -2.50. The molecule has 1 aromatic carbocycles. The molecule has 0 unspecified atom stereocenters. The zero-order valence-corrected chi connectivity index (χ0v) is 15.6. The fraction of sp³-hybridized carbons (Fsp3) is 0.600. The molecule has 2 aliphatic rings. The van der Waals surface area contributed by atoms with Crippen molar-refractivity contribution in [3.63, 3.8) is 0 Å². The van der Waals surface area contributed by atoms with Crippen molar-refractivity contribution in [2.24, 2.45) is 5.92 Å². The average Bonchev–Trinajstić information content (AvgIpc) is 2.68. The SMILES string of the molecule is CC(=O)N1CCC(CN2CCN(C(=O)c3ccc(CO)cc3)CC2)CC1. The van der Waals surface area contributed by atoms with Crippen LogP contribution in [-0.4, -0.2) is 77.4 Å². The van der Waals surface area contributed by atoms with Crippen LogP contribution in [0, 0.1) is 5.92 Å². The van der Waals surface area contributed by atoms with Crippen molar-refractivity contribution < 1.29 is 14.7 Å². The fourth-order valence-corrected chi connectivity index (χ4v) is 3.86. The van der Waals surface area contributed by atoms with Gasteiger partial charge in [0.05, 0.1) is 6.61 Å². The van der Waals surface area contributed by atoms with Gasteiger partial charge in [-0.25, -0.2) is 0 Å². The molecule has 0 atom stereocenters. The Morgan fingerprint density at radius 1 is 0.962 bits per heavy atom. The van der Waals surface area contributed by atoms with Crippen molar-refractivity contribution in [3.05, 3.63) is 35.4 Å². The van der Waals surface area contributed by atoms with E-state index in [0.29, 0.717) is 11.5 Å². The van der Waals surface area contributed by atoms with Gasteiger partial charge in [0.1, 0.15) is 0 Å². The topological polar surface area (TPSA) is 64.1 Å². The van der Waals surface area contributed by atoms with E-state index < -0.39 is 0 Å². The first-order valence-corrected chi connectivity index (χ1v) is 9.53. The number of aliphatic hydroxyl groups excluding tert-OH is 1. The smallest absolute Gasteiger partial charge is 0.253 e. The standard InChI is InChI=1S/C20H29N3O3/c1-16(25)22-8-6-17(7-9-22)14-21-10-12-23(13-11-21)20(26)19-4-2-18(15-24)3-5-19/h2-5,17,24H,6-15H2,1H3. The van der Waals surface area contributed by atoms with Crippen LogP contribution in [0.3, 0.4) is 0 Å². The molecule has 3 rings (SSSR count). The number of aliphatic hydroxyl groups is 1. The lowest BCUT2D eigenvalue weighted by Gasteiger charge is -2.38. The number of piperazine rings is 1. The molecule has 2 fully saturated rings. The summed E-state index contributed by atoms with van der Waals surface area (Å²) in [4.78, 5) is 30.3. The summed E-state index contributed by atoms with van der Waals surface area (Å²) >= 11 is 0. The number of amides is 2. The Labute approximate surface area is 155 Å². The van der Waals surface area contributed by atoms with Gasteiger partial charge < -0.3 is 14.9 Å². The van der Waals surface area contributed by atoms with Crippen LogP contribution in [0.4, 0.5) is 0 Å². The maximum Gasteiger partial charge on any atom is 0.253 e. The number of piperidine rings is 1. The first-order chi connectivity index (χ1) is 12.6. The lowest BCUT2D eigenvalue weighted by molar-refractivity contribution is -0.130. The van der Waals surface area contributed by atoms with Crippen molar-refractivity contribution in [3.8, 4) is 0 Å². The van der Waals surface area contributed by atoms with E-state index in [1.807, 2.05) is 9.80 Å². The normalized spacial score (nSPS) is 19.6. The Balaban J connectivity index is 1.44. The average molecular weight is 359 g/mol. The largest absolute Gasteiger partial charge is 0.392 e. The molecule has 0 spiro atoms. The van der Waals surface area contributed by atoms with Crippen LogP contribution in [-0.2, 0) is 11.4 Å². The number of benzene rings is 1. The predicted molar refractivity (Wildman–Crippen MR) is 99.7 cm³/mol. The number of carbonyl (C=O) groups excluding carboxylic acids is 2. The molecule has 0 aliphatic carbocycles. The Morgan fingerprint density at radius 2 is 1.58 bits per heavy atom. The van der Waals surface area contributed by atoms with E-state index in [2.05, 4.69) is 4.90 Å². The van der Waals surface area contributed by atoms with Crippen LogP contribution in [0.5, 0.6) is 0 Å². The van der Waals surface area contributed by atoms with Crippen LogP contribution in [0.2, 0.25) is 0 Å². The second-order valence-corrected chi connectivity index (χ2v) is 7.40. The van der Waals surface area contributed by atoms with Crippen molar-refractivity contribution in [2.45, 2.75) is 26.4 Å². The Hall–Kier alpha value is -1.92. The van der Waals surface area contributed by atoms with E-state index in [9.17, 15) is 9.59 Å². The molecule has 26 heavy (non-hydrogen) atoms. The summed E-state index contributed by atoms with van der Waals surface area (Å²) < 4.78 is 0. The predicted octanol–water partition coefficient (Wildman–Crippen LogP) is 1.20. The van der Waals surface area contributed by atoms with E-state index in [-0.39, 0.29) is 18.4 Å². The molecule has 6 nitrogen and oxygen atoms in total. The first-order valence-electron chi connectivity index (χ1n) is 9.53. The van der Waals surface area contributed by atoms with Gasteiger partial charge in [0.25, 0.3) is 5.91 Å². The van der Waals surface area contributed by atoms with Crippen LogP contribution in [0.1, 0.15) is 35.7 Å². The highest BCUT2D eigenvalue weighted by atomic mass is 16.3. The van der Waals surface area contributed by atoms with Crippen LogP contribution in [0.15, 0.2) is 24.3 Å². The van der Waals surface area contributed by atoms with Gasteiger partial charge in [-0.05, 0) is 36.5 Å². The Kier molecular flexibility index (Phi) is 6.27. The zero-order chi connectivity index (χ0) is 18.5. The number of hydrogen-bond donors (Lipinski definition) is 1. The Bertz CT molecular complexity index is 616. The summed E-state index contributed by atoms with van der Waals surface area (Å²) in [5.74, 6) is 0.908. The Morgan fingerprint density at radius 3 is 2.12 bits per heavy atom. The van der Waals surface area contributed by atoms with E-state index >= 15 is 0 Å². The number of rotatable bonds is 4. The molecule has 0 saturated carbocycles. The molecule has 0 radical (unpaired) electrons. The number of nitrogens with zero attached hydrogens (tertiary/aromatic N) is 3. The fourth-order valence-electron chi connectivity index (χ4n) is 3.86. The molecule has 1 aromatic rings.